The smallest absolute Gasteiger partial charge is 0.0384 e. The molecule has 0 unspecified atom stereocenters. The minimum Gasteiger partial charge on any atom is -0.356 e. The van der Waals surface area contributed by atoms with Crippen molar-refractivity contribution in [3.8, 4) is 0 Å². The average Bonchev–Trinajstić information content (AvgIpc) is 2.40. The molecule has 0 aromatic heterocycles. The molecule has 2 rings (SSSR count). The van der Waals surface area contributed by atoms with E-state index in [2.05, 4.69) is 5.32 Å². The van der Waals surface area contributed by atoms with E-state index in [0.29, 0.717) is 0 Å². The van der Waals surface area contributed by atoms with Crippen molar-refractivity contribution in [2.24, 2.45) is 0 Å². The molecule has 94 valence electrons. The Bertz CT molecular complexity index is 551. The molecule has 0 saturated heterocycles. The third kappa shape index (κ3) is 5.09. The van der Waals surface area contributed by atoms with Crippen molar-refractivity contribution in [2.75, 3.05) is 5.32 Å². The van der Waals surface area contributed by atoms with Gasteiger partial charge in [0.25, 0.3) is 0 Å². The SMILES string of the molecule is C1=C/C=C\C(Nc2ccccccccc2)=C/C=C1. The zero-order chi connectivity index (χ0) is 13.2. The first-order valence-corrected chi connectivity index (χ1v) is 6.32. The van der Waals surface area contributed by atoms with Crippen LogP contribution in [0.1, 0.15) is 0 Å². The van der Waals surface area contributed by atoms with E-state index in [1.54, 1.807) is 0 Å². The zero-order valence-corrected chi connectivity index (χ0v) is 10.7. The summed E-state index contributed by atoms with van der Waals surface area (Å²) < 4.78 is 0. The second kappa shape index (κ2) is 7.72. The third-order valence-corrected chi connectivity index (χ3v) is 2.50. The van der Waals surface area contributed by atoms with E-state index in [4.69, 9.17) is 0 Å². The van der Waals surface area contributed by atoms with Crippen LogP contribution in [0, 0.1) is 0 Å². The highest BCUT2D eigenvalue weighted by Gasteiger charge is 1.91. The predicted molar refractivity (Wildman–Crippen MR) is 83.2 cm³/mol. The Labute approximate surface area is 114 Å². The maximum absolute atomic E-state index is 3.40. The summed E-state index contributed by atoms with van der Waals surface area (Å²) in [6.45, 7) is 0. The van der Waals surface area contributed by atoms with Crippen molar-refractivity contribution in [2.45, 2.75) is 0 Å². The largest absolute Gasteiger partial charge is 0.356 e. The van der Waals surface area contributed by atoms with Gasteiger partial charge in [0.15, 0.2) is 0 Å². The highest BCUT2D eigenvalue weighted by atomic mass is 14.9. The van der Waals surface area contributed by atoms with Gasteiger partial charge in [-0.15, -0.1) is 0 Å². The van der Waals surface area contributed by atoms with Crippen LogP contribution in [0.4, 0.5) is 5.69 Å². The van der Waals surface area contributed by atoms with Crippen molar-refractivity contribution in [1.29, 1.82) is 0 Å². The highest BCUT2D eigenvalue weighted by Crippen LogP contribution is 2.09. The van der Waals surface area contributed by atoms with Crippen LogP contribution >= 0.6 is 0 Å². The predicted octanol–water partition coefficient (Wildman–Crippen LogP) is 4.79. The Hall–Kier alpha value is -2.54. The Morgan fingerprint density at radius 1 is 0.579 bits per heavy atom. The second-order valence-electron chi connectivity index (χ2n) is 4.01. The number of rotatable bonds is 2. The van der Waals surface area contributed by atoms with Gasteiger partial charge in [-0.25, -0.2) is 0 Å². The minimum absolute atomic E-state index is 1.05. The van der Waals surface area contributed by atoms with E-state index in [1.165, 1.54) is 0 Å². The van der Waals surface area contributed by atoms with E-state index in [1.807, 2.05) is 97.1 Å². The fourth-order valence-electron chi connectivity index (χ4n) is 1.59. The number of hydrogen-bond acceptors (Lipinski definition) is 1. The van der Waals surface area contributed by atoms with Crippen molar-refractivity contribution in [3.05, 3.63) is 103 Å². The Morgan fingerprint density at radius 2 is 1.16 bits per heavy atom. The highest BCUT2D eigenvalue weighted by molar-refractivity contribution is 5.51. The monoisotopic (exact) mass is 247 g/mol. The lowest BCUT2D eigenvalue weighted by molar-refractivity contribution is 1.47. The molecule has 0 fully saturated rings. The Morgan fingerprint density at radius 3 is 1.89 bits per heavy atom. The molecule has 19 heavy (non-hydrogen) atoms. The van der Waals surface area contributed by atoms with Crippen LogP contribution in [0.2, 0.25) is 0 Å². The van der Waals surface area contributed by atoms with Gasteiger partial charge in [0, 0.05) is 11.4 Å². The molecule has 1 aliphatic rings. The van der Waals surface area contributed by atoms with E-state index < -0.39 is 0 Å². The summed E-state index contributed by atoms with van der Waals surface area (Å²) in [7, 11) is 0. The molecule has 1 nitrogen and oxygen atoms in total. The van der Waals surface area contributed by atoms with E-state index in [-0.39, 0.29) is 0 Å². The molecular formula is C18H17N. The fraction of sp³-hybridized carbons (Fsp3) is 0. The molecule has 0 bridgehead atoms. The summed E-state index contributed by atoms with van der Waals surface area (Å²) in [5.41, 5.74) is 2.10. The minimum atomic E-state index is 1.05. The summed E-state index contributed by atoms with van der Waals surface area (Å²) in [5.74, 6) is 0. The number of nitrogens with one attached hydrogen (secondary N) is 1. The fourth-order valence-corrected chi connectivity index (χ4v) is 1.59. The third-order valence-electron chi connectivity index (χ3n) is 2.50. The van der Waals surface area contributed by atoms with Gasteiger partial charge in [-0.2, -0.15) is 0 Å². The summed E-state index contributed by atoms with van der Waals surface area (Å²) in [5, 5.41) is 3.40. The first-order valence-electron chi connectivity index (χ1n) is 6.32. The van der Waals surface area contributed by atoms with Crippen LogP contribution in [0.15, 0.2) is 103 Å². The van der Waals surface area contributed by atoms with Crippen LogP contribution in [-0.4, -0.2) is 0 Å². The number of allylic oxidation sites excluding steroid dienone is 7. The molecule has 0 atom stereocenters. The van der Waals surface area contributed by atoms with E-state index in [0.717, 1.165) is 11.4 Å². The van der Waals surface area contributed by atoms with Crippen molar-refractivity contribution < 1.29 is 0 Å². The topological polar surface area (TPSA) is 12.0 Å². The maximum Gasteiger partial charge on any atom is 0.0384 e. The first kappa shape index (κ1) is 12.9. The van der Waals surface area contributed by atoms with E-state index >= 15 is 0 Å². The van der Waals surface area contributed by atoms with Gasteiger partial charge in [0.2, 0.25) is 0 Å². The van der Waals surface area contributed by atoms with Crippen LogP contribution < -0.4 is 5.32 Å². The molecule has 1 N–H and O–H groups in total. The molecule has 1 aromatic rings. The van der Waals surface area contributed by atoms with Crippen LogP contribution in [0.5, 0.6) is 0 Å². The number of anilines is 1. The lowest BCUT2D eigenvalue weighted by Gasteiger charge is -2.05. The molecule has 0 amide bonds. The molecule has 0 saturated carbocycles. The average molecular weight is 247 g/mol. The summed E-state index contributed by atoms with van der Waals surface area (Å²) in [6.07, 6.45) is 14.2. The lowest BCUT2D eigenvalue weighted by Crippen LogP contribution is -1.95. The van der Waals surface area contributed by atoms with Crippen LogP contribution in [0.3, 0.4) is 0 Å². The van der Waals surface area contributed by atoms with Crippen LogP contribution in [-0.2, 0) is 0 Å². The van der Waals surface area contributed by atoms with Crippen LogP contribution in [0.25, 0.3) is 0 Å². The zero-order valence-electron chi connectivity index (χ0n) is 10.7. The van der Waals surface area contributed by atoms with Gasteiger partial charge in [0.05, 0.1) is 0 Å². The number of hydrogen-bond donors (Lipinski definition) is 1. The molecule has 1 heteroatoms. The van der Waals surface area contributed by atoms with Gasteiger partial charge in [-0.3, -0.25) is 0 Å². The molecule has 1 aliphatic carbocycles. The normalized spacial score (nSPS) is 17.4. The van der Waals surface area contributed by atoms with Gasteiger partial charge < -0.3 is 5.32 Å². The van der Waals surface area contributed by atoms with Gasteiger partial charge in [-0.1, -0.05) is 72.8 Å². The summed E-state index contributed by atoms with van der Waals surface area (Å²) in [6, 6.07) is 18.2. The quantitative estimate of drug-likeness (QED) is 0.792. The lowest BCUT2D eigenvalue weighted by atomic mass is 10.2. The summed E-state index contributed by atoms with van der Waals surface area (Å²) >= 11 is 0. The first-order chi connectivity index (χ1) is 9.45. The summed E-state index contributed by atoms with van der Waals surface area (Å²) in [4.78, 5) is 0. The molecule has 0 radical (unpaired) electrons. The van der Waals surface area contributed by atoms with Crippen molar-refractivity contribution >= 4 is 5.69 Å². The maximum atomic E-state index is 3.40. The molecule has 1 aromatic carbocycles. The Kier molecular flexibility index (Phi) is 5.24. The van der Waals surface area contributed by atoms with Gasteiger partial charge in [0.1, 0.15) is 0 Å². The van der Waals surface area contributed by atoms with Crippen molar-refractivity contribution in [1.82, 2.24) is 0 Å². The molecular weight excluding hydrogens is 230 g/mol. The molecule has 0 heterocycles. The molecule has 0 spiro atoms. The Balaban J connectivity index is 2.23. The van der Waals surface area contributed by atoms with Gasteiger partial charge >= 0.3 is 0 Å². The second-order valence-corrected chi connectivity index (χ2v) is 4.01. The van der Waals surface area contributed by atoms with Gasteiger partial charge in [-0.05, 0) is 24.3 Å². The van der Waals surface area contributed by atoms with Crippen molar-refractivity contribution in [3.63, 3.8) is 0 Å². The standard InChI is InChI=1S/C18H17N/c1-2-5-9-13-17(14-10-6-3-1)19-18-15-11-7-4-8-12-16-18/h1-16,19H/b2-1?,3-1?,5-2?,6-3?,7-4?,8-4?,9-5?,10-6?,11-7?,12-8?,13-9?,14-10?,15-11-,16-12?,17-13?,17-14?,18-15?,18-16+. The van der Waals surface area contributed by atoms with E-state index in [9.17, 15) is 0 Å². The molecule has 0 aliphatic heterocycles.